The Hall–Kier alpha value is -2.35. The Balaban J connectivity index is 2.97. The van der Waals surface area contributed by atoms with E-state index in [9.17, 15) is 9.59 Å². The quantitative estimate of drug-likeness (QED) is 0.756. The van der Waals surface area contributed by atoms with Crippen LogP contribution < -0.4 is 0 Å². The van der Waals surface area contributed by atoms with Crippen LogP contribution >= 0.6 is 0 Å². The van der Waals surface area contributed by atoms with Gasteiger partial charge in [-0.2, -0.15) is 5.26 Å². The maximum Gasteiger partial charge on any atom is 0.339 e. The van der Waals surface area contributed by atoms with Crippen molar-refractivity contribution < 1.29 is 19.1 Å². The van der Waals surface area contributed by atoms with E-state index in [1.807, 2.05) is 6.07 Å². The zero-order chi connectivity index (χ0) is 14.3. The van der Waals surface area contributed by atoms with Crippen LogP contribution in [0.3, 0.4) is 0 Å². The second-order valence-corrected chi connectivity index (χ2v) is 3.75. The van der Waals surface area contributed by atoms with Gasteiger partial charge in [0, 0.05) is 6.42 Å². The monoisotopic (exact) mass is 261 g/mol. The molecular weight excluding hydrogens is 246 g/mol. The molecule has 0 fully saturated rings. The van der Waals surface area contributed by atoms with Gasteiger partial charge in [-0.3, -0.25) is 4.79 Å². The van der Waals surface area contributed by atoms with E-state index < -0.39 is 5.97 Å². The zero-order valence-corrected chi connectivity index (χ0v) is 10.9. The summed E-state index contributed by atoms with van der Waals surface area (Å²) in [4.78, 5) is 23.0. The Labute approximate surface area is 111 Å². The first-order valence-corrected chi connectivity index (χ1v) is 5.90. The van der Waals surface area contributed by atoms with Crippen LogP contribution in [-0.4, -0.2) is 25.7 Å². The summed E-state index contributed by atoms with van der Waals surface area (Å²) in [6, 6.07) is 6.86. The Morgan fingerprint density at radius 2 is 2.11 bits per heavy atom. The number of rotatable bonds is 5. The molecule has 0 aliphatic rings. The fourth-order valence-electron chi connectivity index (χ4n) is 1.71. The van der Waals surface area contributed by atoms with Crippen molar-refractivity contribution in [3.05, 3.63) is 34.9 Å². The minimum absolute atomic E-state index is 0.159. The predicted molar refractivity (Wildman–Crippen MR) is 67.5 cm³/mol. The molecule has 0 aliphatic heterocycles. The molecule has 1 aromatic carbocycles. The number of methoxy groups -OCH3 is 1. The maximum atomic E-state index is 11.7. The van der Waals surface area contributed by atoms with Gasteiger partial charge >= 0.3 is 11.9 Å². The predicted octanol–water partition coefficient (Wildman–Crippen LogP) is 1.84. The third-order valence-electron chi connectivity index (χ3n) is 2.56. The minimum atomic E-state index is -0.573. The number of benzene rings is 1. The second kappa shape index (κ2) is 7.17. The molecular formula is C14H15NO4. The average molecular weight is 261 g/mol. The molecule has 0 amide bonds. The van der Waals surface area contributed by atoms with E-state index >= 15 is 0 Å². The first-order valence-electron chi connectivity index (χ1n) is 5.90. The summed E-state index contributed by atoms with van der Waals surface area (Å²) >= 11 is 0. The summed E-state index contributed by atoms with van der Waals surface area (Å²) in [6.45, 7) is 2.05. The molecule has 0 atom stereocenters. The maximum absolute atomic E-state index is 11.7. The first kappa shape index (κ1) is 14.7. The highest BCUT2D eigenvalue weighted by Gasteiger charge is 2.17. The van der Waals surface area contributed by atoms with Crippen molar-refractivity contribution in [2.75, 3.05) is 13.7 Å². The van der Waals surface area contributed by atoms with Crippen LogP contribution in [0.25, 0.3) is 0 Å². The van der Waals surface area contributed by atoms with Crippen molar-refractivity contribution in [1.82, 2.24) is 0 Å². The first-order chi connectivity index (χ1) is 9.13. The number of hydrogen-bond donors (Lipinski definition) is 0. The molecule has 0 spiro atoms. The highest BCUT2D eigenvalue weighted by Crippen LogP contribution is 2.17. The molecule has 0 saturated carbocycles. The lowest BCUT2D eigenvalue weighted by Gasteiger charge is -2.09. The molecule has 5 heteroatoms. The van der Waals surface area contributed by atoms with Crippen LogP contribution in [0.4, 0.5) is 0 Å². The molecule has 0 radical (unpaired) electrons. The number of hydrogen-bond acceptors (Lipinski definition) is 5. The van der Waals surface area contributed by atoms with Crippen molar-refractivity contribution in [2.24, 2.45) is 0 Å². The summed E-state index contributed by atoms with van der Waals surface area (Å²) < 4.78 is 9.49. The summed E-state index contributed by atoms with van der Waals surface area (Å²) in [5, 5.41) is 9.00. The van der Waals surface area contributed by atoms with Gasteiger partial charge in [0.25, 0.3) is 0 Å². The average Bonchev–Trinajstić information content (AvgIpc) is 2.44. The third-order valence-corrected chi connectivity index (χ3v) is 2.56. The zero-order valence-electron chi connectivity index (χ0n) is 10.9. The third kappa shape index (κ3) is 3.81. The summed E-state index contributed by atoms with van der Waals surface area (Å²) in [7, 11) is 1.26. The molecule has 5 nitrogen and oxygen atoms in total. The van der Waals surface area contributed by atoms with Crippen LogP contribution in [0.5, 0.6) is 0 Å². The van der Waals surface area contributed by atoms with Gasteiger partial charge in [-0.1, -0.05) is 12.1 Å². The van der Waals surface area contributed by atoms with Crippen LogP contribution in [-0.2, 0) is 20.7 Å². The Morgan fingerprint density at radius 1 is 1.37 bits per heavy atom. The van der Waals surface area contributed by atoms with Crippen molar-refractivity contribution in [2.45, 2.75) is 19.8 Å². The van der Waals surface area contributed by atoms with E-state index in [2.05, 4.69) is 4.74 Å². The van der Waals surface area contributed by atoms with Gasteiger partial charge in [0.05, 0.1) is 24.8 Å². The number of ether oxygens (including phenoxy) is 2. The Kier molecular flexibility index (Phi) is 5.55. The summed E-state index contributed by atoms with van der Waals surface area (Å²) in [6.07, 6.45) is 0.492. The van der Waals surface area contributed by atoms with Crippen molar-refractivity contribution in [3.63, 3.8) is 0 Å². The molecule has 0 bridgehead atoms. The lowest BCUT2D eigenvalue weighted by molar-refractivity contribution is -0.143. The fourth-order valence-corrected chi connectivity index (χ4v) is 1.71. The van der Waals surface area contributed by atoms with Crippen LogP contribution in [0.2, 0.25) is 0 Å². The van der Waals surface area contributed by atoms with Crippen molar-refractivity contribution in [1.29, 1.82) is 5.26 Å². The lowest BCUT2D eigenvalue weighted by Crippen LogP contribution is -2.11. The smallest absolute Gasteiger partial charge is 0.339 e. The highest BCUT2D eigenvalue weighted by atomic mass is 16.5. The molecule has 0 saturated heterocycles. The van der Waals surface area contributed by atoms with Gasteiger partial charge in [-0.25, -0.2) is 4.79 Å². The van der Waals surface area contributed by atoms with Gasteiger partial charge in [-0.15, -0.1) is 0 Å². The number of nitrogens with zero attached hydrogens (tertiary/aromatic N) is 1. The molecule has 0 aromatic heterocycles. The molecule has 1 aromatic rings. The molecule has 0 heterocycles. The van der Waals surface area contributed by atoms with E-state index in [0.29, 0.717) is 18.6 Å². The van der Waals surface area contributed by atoms with Crippen molar-refractivity contribution >= 4 is 11.9 Å². The molecule has 0 aliphatic carbocycles. The minimum Gasteiger partial charge on any atom is -0.466 e. The van der Waals surface area contributed by atoms with E-state index in [-0.39, 0.29) is 23.5 Å². The number of carbonyl (C=O) groups is 2. The summed E-state index contributed by atoms with van der Waals surface area (Å²) in [5.74, 6) is -0.906. The number of aryl methyl sites for hydroxylation is 1. The SMILES string of the molecule is CCOC(=O)CCc1cccc(C#N)c1C(=O)OC. The Morgan fingerprint density at radius 3 is 2.68 bits per heavy atom. The standard InChI is InChI=1S/C14H15NO4/c1-3-19-12(16)8-7-10-5-4-6-11(9-15)13(10)14(17)18-2/h4-6H,3,7-8H2,1-2H3. The summed E-state index contributed by atoms with van der Waals surface area (Å²) in [5.41, 5.74) is 1.07. The second-order valence-electron chi connectivity index (χ2n) is 3.75. The number of carbonyl (C=O) groups excluding carboxylic acids is 2. The molecule has 0 N–H and O–H groups in total. The van der Waals surface area contributed by atoms with E-state index in [1.54, 1.807) is 25.1 Å². The largest absolute Gasteiger partial charge is 0.466 e. The van der Waals surface area contributed by atoms with Crippen molar-refractivity contribution in [3.8, 4) is 6.07 Å². The number of esters is 2. The van der Waals surface area contributed by atoms with E-state index in [4.69, 9.17) is 10.00 Å². The molecule has 19 heavy (non-hydrogen) atoms. The molecule has 1 rings (SSSR count). The lowest BCUT2D eigenvalue weighted by atomic mass is 9.98. The normalized spacial score (nSPS) is 9.53. The van der Waals surface area contributed by atoms with Gasteiger partial charge < -0.3 is 9.47 Å². The van der Waals surface area contributed by atoms with Gasteiger partial charge in [0.2, 0.25) is 0 Å². The number of nitriles is 1. The molecule has 100 valence electrons. The highest BCUT2D eigenvalue weighted by molar-refractivity contribution is 5.94. The van der Waals surface area contributed by atoms with Crippen LogP contribution in [0.1, 0.15) is 34.8 Å². The fraction of sp³-hybridized carbons (Fsp3) is 0.357. The molecule has 0 unspecified atom stereocenters. The topological polar surface area (TPSA) is 76.4 Å². The van der Waals surface area contributed by atoms with E-state index in [1.165, 1.54) is 7.11 Å². The van der Waals surface area contributed by atoms with Crippen LogP contribution in [0, 0.1) is 11.3 Å². The van der Waals surface area contributed by atoms with Gasteiger partial charge in [0.15, 0.2) is 0 Å². The Bertz CT molecular complexity index is 517. The van der Waals surface area contributed by atoms with Gasteiger partial charge in [-0.05, 0) is 25.0 Å². The van der Waals surface area contributed by atoms with E-state index in [0.717, 1.165) is 0 Å². The van der Waals surface area contributed by atoms with Gasteiger partial charge in [0.1, 0.15) is 6.07 Å². The van der Waals surface area contributed by atoms with Crippen LogP contribution in [0.15, 0.2) is 18.2 Å².